The molecule has 0 aliphatic rings. The Hall–Kier alpha value is -1.88. The number of aromatic amines is 1. The standard InChI is InChI=1S/C11H12FN3O/c1-13-6-8-7-14-15(11(8)16)10-4-2-9(12)3-5-10/h2-5,7,13-14H,6H2,1H3. The van der Waals surface area contributed by atoms with Crippen molar-refractivity contribution in [1.82, 2.24) is 15.1 Å². The summed E-state index contributed by atoms with van der Waals surface area (Å²) in [4.78, 5) is 11.8. The zero-order valence-electron chi connectivity index (χ0n) is 8.83. The lowest BCUT2D eigenvalue weighted by molar-refractivity contribution is 0.627. The van der Waals surface area contributed by atoms with E-state index in [0.29, 0.717) is 17.8 Å². The molecule has 1 aromatic carbocycles. The summed E-state index contributed by atoms with van der Waals surface area (Å²) < 4.78 is 14.1. The predicted octanol–water partition coefficient (Wildman–Crippen LogP) is 1.02. The van der Waals surface area contributed by atoms with Gasteiger partial charge in [-0.1, -0.05) is 0 Å². The van der Waals surface area contributed by atoms with Crippen molar-refractivity contribution in [3.63, 3.8) is 0 Å². The van der Waals surface area contributed by atoms with Crippen LogP contribution in [0.4, 0.5) is 4.39 Å². The first-order valence-electron chi connectivity index (χ1n) is 4.92. The fraction of sp³-hybridized carbons (Fsp3) is 0.182. The number of nitrogens with zero attached hydrogens (tertiary/aromatic N) is 1. The summed E-state index contributed by atoms with van der Waals surface area (Å²) in [5, 5.41) is 5.74. The van der Waals surface area contributed by atoms with Gasteiger partial charge in [-0.15, -0.1) is 0 Å². The molecule has 0 amide bonds. The molecule has 0 bridgehead atoms. The Morgan fingerprint density at radius 2 is 2.06 bits per heavy atom. The largest absolute Gasteiger partial charge is 0.315 e. The van der Waals surface area contributed by atoms with Gasteiger partial charge in [0, 0.05) is 12.7 Å². The van der Waals surface area contributed by atoms with E-state index in [0.717, 1.165) is 0 Å². The molecule has 2 aromatic rings. The summed E-state index contributed by atoms with van der Waals surface area (Å²) in [5.41, 5.74) is 1.14. The smallest absolute Gasteiger partial charge is 0.275 e. The maximum atomic E-state index is 12.7. The highest BCUT2D eigenvalue weighted by Crippen LogP contribution is 2.05. The van der Waals surface area contributed by atoms with Crippen LogP contribution >= 0.6 is 0 Å². The van der Waals surface area contributed by atoms with E-state index in [4.69, 9.17) is 0 Å². The first-order valence-corrected chi connectivity index (χ1v) is 4.92. The van der Waals surface area contributed by atoms with Crippen molar-refractivity contribution in [3.8, 4) is 5.69 Å². The van der Waals surface area contributed by atoms with Gasteiger partial charge in [0.15, 0.2) is 0 Å². The molecule has 4 nitrogen and oxygen atoms in total. The van der Waals surface area contributed by atoms with Crippen LogP contribution in [0.25, 0.3) is 5.69 Å². The first-order chi connectivity index (χ1) is 7.72. The van der Waals surface area contributed by atoms with Gasteiger partial charge in [-0.2, -0.15) is 0 Å². The van der Waals surface area contributed by atoms with E-state index < -0.39 is 0 Å². The molecule has 2 rings (SSSR count). The Balaban J connectivity index is 2.41. The van der Waals surface area contributed by atoms with Gasteiger partial charge in [0.25, 0.3) is 5.56 Å². The molecule has 0 aliphatic carbocycles. The lowest BCUT2D eigenvalue weighted by atomic mass is 10.3. The molecular formula is C11H12FN3O. The number of halogens is 1. The summed E-state index contributed by atoms with van der Waals surface area (Å²) >= 11 is 0. The van der Waals surface area contributed by atoms with Crippen LogP contribution in [0.3, 0.4) is 0 Å². The van der Waals surface area contributed by atoms with Crippen molar-refractivity contribution < 1.29 is 4.39 Å². The molecule has 5 heteroatoms. The van der Waals surface area contributed by atoms with Gasteiger partial charge in [-0.25, -0.2) is 9.07 Å². The van der Waals surface area contributed by atoms with Crippen molar-refractivity contribution >= 4 is 0 Å². The van der Waals surface area contributed by atoms with Crippen LogP contribution in [0.2, 0.25) is 0 Å². The van der Waals surface area contributed by atoms with Crippen LogP contribution in [0.1, 0.15) is 5.56 Å². The minimum absolute atomic E-state index is 0.124. The van der Waals surface area contributed by atoms with E-state index in [-0.39, 0.29) is 11.4 Å². The monoisotopic (exact) mass is 221 g/mol. The third-order valence-electron chi connectivity index (χ3n) is 2.30. The number of nitrogens with one attached hydrogen (secondary N) is 2. The van der Waals surface area contributed by atoms with E-state index in [1.807, 2.05) is 0 Å². The topological polar surface area (TPSA) is 49.8 Å². The molecule has 0 spiro atoms. The second-order valence-electron chi connectivity index (χ2n) is 3.45. The van der Waals surface area contributed by atoms with Crippen molar-refractivity contribution in [2.24, 2.45) is 0 Å². The van der Waals surface area contributed by atoms with Crippen LogP contribution < -0.4 is 10.9 Å². The van der Waals surface area contributed by atoms with Crippen LogP contribution in [0.15, 0.2) is 35.3 Å². The second kappa shape index (κ2) is 4.32. The van der Waals surface area contributed by atoms with Crippen molar-refractivity contribution in [3.05, 3.63) is 52.2 Å². The number of benzene rings is 1. The van der Waals surface area contributed by atoms with E-state index in [1.165, 1.54) is 16.8 Å². The van der Waals surface area contributed by atoms with Gasteiger partial charge in [0.05, 0.1) is 11.3 Å². The molecule has 0 aliphatic heterocycles. The summed E-state index contributed by atoms with van der Waals surface area (Å²) in [6, 6.07) is 5.74. The SMILES string of the molecule is CNCc1c[nH]n(-c2ccc(F)cc2)c1=O. The Labute approximate surface area is 91.7 Å². The fourth-order valence-electron chi connectivity index (χ4n) is 1.51. The average Bonchev–Trinajstić information content (AvgIpc) is 2.63. The summed E-state index contributed by atoms with van der Waals surface area (Å²) in [5.74, 6) is -0.321. The first kappa shape index (κ1) is 10.6. The lowest BCUT2D eigenvalue weighted by Gasteiger charge is -2.00. The summed E-state index contributed by atoms with van der Waals surface area (Å²) in [6.45, 7) is 0.504. The highest BCUT2D eigenvalue weighted by molar-refractivity contribution is 5.31. The molecule has 0 unspecified atom stereocenters. The van der Waals surface area contributed by atoms with Crippen LogP contribution in [0, 0.1) is 5.82 Å². The maximum Gasteiger partial charge on any atom is 0.275 e. The average molecular weight is 221 g/mol. The van der Waals surface area contributed by atoms with E-state index in [9.17, 15) is 9.18 Å². The number of hydrogen-bond acceptors (Lipinski definition) is 2. The van der Waals surface area contributed by atoms with E-state index in [1.54, 1.807) is 25.4 Å². The molecule has 0 saturated heterocycles. The molecular weight excluding hydrogens is 209 g/mol. The Morgan fingerprint density at radius 3 is 2.69 bits per heavy atom. The molecule has 1 heterocycles. The van der Waals surface area contributed by atoms with Gasteiger partial charge in [0.2, 0.25) is 0 Å². The third-order valence-corrected chi connectivity index (χ3v) is 2.30. The minimum Gasteiger partial charge on any atom is -0.315 e. The lowest BCUT2D eigenvalue weighted by Crippen LogP contribution is -2.20. The summed E-state index contributed by atoms with van der Waals surface area (Å²) in [7, 11) is 1.77. The normalized spacial score (nSPS) is 10.6. The van der Waals surface area contributed by atoms with Crippen molar-refractivity contribution in [2.75, 3.05) is 7.05 Å². The summed E-state index contributed by atoms with van der Waals surface area (Å²) in [6.07, 6.45) is 1.64. The maximum absolute atomic E-state index is 12.7. The van der Waals surface area contributed by atoms with Crippen molar-refractivity contribution in [1.29, 1.82) is 0 Å². The number of rotatable bonds is 3. The van der Waals surface area contributed by atoms with Gasteiger partial charge < -0.3 is 5.32 Å². The van der Waals surface area contributed by atoms with Crippen molar-refractivity contribution in [2.45, 2.75) is 6.54 Å². The van der Waals surface area contributed by atoms with E-state index >= 15 is 0 Å². The molecule has 16 heavy (non-hydrogen) atoms. The molecule has 0 saturated carbocycles. The Morgan fingerprint density at radius 1 is 1.38 bits per heavy atom. The predicted molar refractivity (Wildman–Crippen MR) is 59.1 cm³/mol. The van der Waals surface area contributed by atoms with Crippen LogP contribution in [-0.2, 0) is 6.54 Å². The van der Waals surface area contributed by atoms with Gasteiger partial charge in [-0.3, -0.25) is 9.89 Å². The van der Waals surface area contributed by atoms with Gasteiger partial charge in [0.1, 0.15) is 5.82 Å². The zero-order valence-corrected chi connectivity index (χ0v) is 8.83. The molecule has 84 valence electrons. The second-order valence-corrected chi connectivity index (χ2v) is 3.45. The number of H-pyrrole nitrogens is 1. The van der Waals surface area contributed by atoms with Crippen LogP contribution in [-0.4, -0.2) is 16.8 Å². The Kier molecular flexibility index (Phi) is 2.87. The highest BCUT2D eigenvalue weighted by Gasteiger charge is 2.06. The highest BCUT2D eigenvalue weighted by atomic mass is 19.1. The Bertz CT molecular complexity index is 527. The van der Waals surface area contributed by atoms with E-state index in [2.05, 4.69) is 10.4 Å². The molecule has 1 aromatic heterocycles. The molecule has 0 atom stereocenters. The van der Waals surface area contributed by atoms with Crippen LogP contribution in [0.5, 0.6) is 0 Å². The van der Waals surface area contributed by atoms with Gasteiger partial charge in [-0.05, 0) is 31.3 Å². The quantitative estimate of drug-likeness (QED) is 0.813. The number of hydrogen-bond donors (Lipinski definition) is 2. The molecule has 2 N–H and O–H groups in total. The zero-order chi connectivity index (χ0) is 11.5. The molecule has 0 fully saturated rings. The minimum atomic E-state index is -0.321. The third kappa shape index (κ3) is 1.90. The number of aromatic nitrogens is 2. The molecule has 0 radical (unpaired) electrons. The van der Waals surface area contributed by atoms with Gasteiger partial charge >= 0.3 is 0 Å². The fourth-order valence-corrected chi connectivity index (χ4v) is 1.51.